The molecule has 0 spiro atoms. The van der Waals surface area contributed by atoms with Crippen LogP contribution < -0.4 is 5.32 Å². The molecule has 0 radical (unpaired) electrons. The summed E-state index contributed by atoms with van der Waals surface area (Å²) in [5, 5.41) is 21.6. The van der Waals surface area contributed by atoms with Crippen molar-refractivity contribution in [1.29, 1.82) is 0 Å². The first-order valence-electron chi connectivity index (χ1n) is 10.5. The Bertz CT molecular complexity index is 588. The summed E-state index contributed by atoms with van der Waals surface area (Å²) in [5.41, 5.74) is 0.873. The van der Waals surface area contributed by atoms with Gasteiger partial charge in [-0.05, 0) is 43.9 Å². The fourth-order valence-corrected chi connectivity index (χ4v) is 3.01. The van der Waals surface area contributed by atoms with Crippen molar-refractivity contribution in [1.82, 2.24) is 5.32 Å². The van der Waals surface area contributed by atoms with Crippen molar-refractivity contribution in [3.8, 4) is 11.5 Å². The van der Waals surface area contributed by atoms with Crippen LogP contribution in [0.4, 0.5) is 0 Å². The average Bonchev–Trinajstić information content (AvgIpc) is 2.66. The molecule has 0 bridgehead atoms. The van der Waals surface area contributed by atoms with Crippen molar-refractivity contribution in [2.24, 2.45) is 0 Å². The van der Waals surface area contributed by atoms with Gasteiger partial charge in [-0.1, -0.05) is 44.6 Å². The van der Waals surface area contributed by atoms with Crippen molar-refractivity contribution in [2.75, 3.05) is 13.2 Å². The van der Waals surface area contributed by atoms with E-state index in [2.05, 4.69) is 5.32 Å². The minimum atomic E-state index is -0.136. The molecule has 0 saturated carbocycles. The molecule has 0 heterocycles. The van der Waals surface area contributed by atoms with Gasteiger partial charge in [0.1, 0.15) is 0 Å². The Kier molecular flexibility index (Phi) is 12.6. The predicted octanol–water partition coefficient (Wildman–Crippen LogP) is 4.22. The van der Waals surface area contributed by atoms with Crippen LogP contribution in [-0.2, 0) is 20.7 Å². The maximum atomic E-state index is 11.8. The number of hydrogen-bond donors (Lipinski definition) is 3. The molecule has 0 aromatic heterocycles. The van der Waals surface area contributed by atoms with Gasteiger partial charge in [-0.15, -0.1) is 0 Å². The summed E-state index contributed by atoms with van der Waals surface area (Å²) in [5.74, 6) is -0.309. The number of nitrogens with one attached hydrogen (secondary N) is 1. The molecule has 0 atom stereocenters. The van der Waals surface area contributed by atoms with Crippen LogP contribution in [0.5, 0.6) is 11.5 Å². The van der Waals surface area contributed by atoms with Crippen LogP contribution in [0.15, 0.2) is 18.2 Å². The van der Waals surface area contributed by atoms with Gasteiger partial charge in [-0.3, -0.25) is 9.59 Å². The molecule has 158 valence electrons. The van der Waals surface area contributed by atoms with Crippen LogP contribution in [0.3, 0.4) is 0 Å². The highest BCUT2D eigenvalue weighted by Crippen LogP contribution is 2.24. The van der Waals surface area contributed by atoms with E-state index in [1.54, 1.807) is 6.07 Å². The lowest BCUT2D eigenvalue weighted by Crippen LogP contribution is -2.25. The van der Waals surface area contributed by atoms with Crippen LogP contribution in [0.1, 0.15) is 76.7 Å². The van der Waals surface area contributed by atoms with E-state index in [0.717, 1.165) is 44.1 Å². The fourth-order valence-electron chi connectivity index (χ4n) is 3.01. The van der Waals surface area contributed by atoms with Crippen molar-refractivity contribution >= 4 is 11.9 Å². The smallest absolute Gasteiger partial charge is 0.305 e. The highest BCUT2D eigenvalue weighted by Gasteiger charge is 2.04. The number of phenols is 2. The first-order valence-corrected chi connectivity index (χ1v) is 10.5. The quantitative estimate of drug-likeness (QED) is 0.235. The van der Waals surface area contributed by atoms with Gasteiger partial charge in [0.05, 0.1) is 6.61 Å². The average molecular weight is 394 g/mol. The Hall–Kier alpha value is -2.24. The number of carbonyl (C=O) groups excluding carboxylic acids is 2. The van der Waals surface area contributed by atoms with E-state index in [9.17, 15) is 19.8 Å². The van der Waals surface area contributed by atoms with Crippen LogP contribution in [-0.4, -0.2) is 35.2 Å². The molecule has 6 heteroatoms. The zero-order valence-corrected chi connectivity index (χ0v) is 17.0. The van der Waals surface area contributed by atoms with Crippen molar-refractivity contribution < 1.29 is 24.5 Å². The van der Waals surface area contributed by atoms with Gasteiger partial charge in [-0.25, -0.2) is 0 Å². The van der Waals surface area contributed by atoms with E-state index in [1.165, 1.54) is 25.0 Å². The topological polar surface area (TPSA) is 95.9 Å². The summed E-state index contributed by atoms with van der Waals surface area (Å²) in [7, 11) is 0. The van der Waals surface area contributed by atoms with E-state index in [0.29, 0.717) is 32.4 Å². The molecule has 6 nitrogen and oxygen atoms in total. The van der Waals surface area contributed by atoms with Crippen LogP contribution in [0.25, 0.3) is 0 Å². The minimum Gasteiger partial charge on any atom is -0.504 e. The molecule has 0 saturated heterocycles. The van der Waals surface area contributed by atoms with Crippen LogP contribution >= 0.6 is 0 Å². The summed E-state index contributed by atoms with van der Waals surface area (Å²) >= 11 is 0. The number of unbranched alkanes of at least 4 members (excludes halogenated alkanes) is 7. The zero-order chi connectivity index (χ0) is 20.6. The zero-order valence-electron chi connectivity index (χ0n) is 17.0. The highest BCUT2D eigenvalue weighted by atomic mass is 16.5. The number of aromatic hydroxyl groups is 2. The molecule has 0 aliphatic heterocycles. The molecular weight excluding hydrogens is 358 g/mol. The molecule has 1 aromatic carbocycles. The number of benzene rings is 1. The number of esters is 1. The van der Waals surface area contributed by atoms with Crippen LogP contribution in [0, 0.1) is 0 Å². The Morgan fingerprint density at radius 1 is 0.893 bits per heavy atom. The van der Waals surface area contributed by atoms with Crippen molar-refractivity contribution in [3.63, 3.8) is 0 Å². The van der Waals surface area contributed by atoms with E-state index < -0.39 is 0 Å². The lowest BCUT2D eigenvalue weighted by Gasteiger charge is -2.07. The molecule has 0 aliphatic carbocycles. The Balaban J connectivity index is 1.91. The summed E-state index contributed by atoms with van der Waals surface area (Å²) in [4.78, 5) is 23.0. The van der Waals surface area contributed by atoms with Gasteiger partial charge in [0, 0.05) is 19.4 Å². The van der Waals surface area contributed by atoms with E-state index in [1.807, 2.05) is 6.92 Å². The Morgan fingerprint density at radius 3 is 2.11 bits per heavy atom. The second-order valence-corrected chi connectivity index (χ2v) is 7.06. The highest BCUT2D eigenvalue weighted by molar-refractivity contribution is 5.75. The van der Waals surface area contributed by atoms with Crippen molar-refractivity contribution in [3.05, 3.63) is 23.8 Å². The number of ether oxygens (including phenoxy) is 1. The molecular formula is C22H35NO5. The third-order valence-corrected chi connectivity index (χ3v) is 4.62. The van der Waals surface area contributed by atoms with Crippen molar-refractivity contribution in [2.45, 2.75) is 77.6 Å². The lowest BCUT2D eigenvalue weighted by molar-refractivity contribution is -0.143. The predicted molar refractivity (Wildman–Crippen MR) is 109 cm³/mol. The summed E-state index contributed by atoms with van der Waals surface area (Å²) in [6, 6.07) is 4.70. The molecule has 0 unspecified atom stereocenters. The van der Waals surface area contributed by atoms with E-state index in [4.69, 9.17) is 4.74 Å². The molecule has 28 heavy (non-hydrogen) atoms. The summed E-state index contributed by atoms with van der Waals surface area (Å²) in [6.07, 6.45) is 10.2. The molecule has 0 aliphatic rings. The Morgan fingerprint density at radius 2 is 1.50 bits per heavy atom. The van der Waals surface area contributed by atoms with Gasteiger partial charge < -0.3 is 20.3 Å². The molecule has 1 aromatic rings. The number of rotatable bonds is 15. The number of hydrogen-bond acceptors (Lipinski definition) is 5. The van der Waals surface area contributed by atoms with Gasteiger partial charge in [0.2, 0.25) is 5.91 Å². The molecule has 1 rings (SSSR count). The largest absolute Gasteiger partial charge is 0.504 e. The monoisotopic (exact) mass is 393 g/mol. The number of amides is 1. The number of carbonyl (C=O) groups is 2. The lowest BCUT2D eigenvalue weighted by atomic mass is 10.1. The second-order valence-electron chi connectivity index (χ2n) is 7.06. The molecule has 0 fully saturated rings. The van der Waals surface area contributed by atoms with E-state index in [-0.39, 0.29) is 23.4 Å². The third-order valence-electron chi connectivity index (χ3n) is 4.62. The van der Waals surface area contributed by atoms with Gasteiger partial charge in [0.25, 0.3) is 0 Å². The first-order chi connectivity index (χ1) is 13.5. The Labute approximate surface area is 168 Å². The van der Waals surface area contributed by atoms with E-state index >= 15 is 0 Å². The SMILES string of the molecule is CCOC(=O)CCCCCCCCCCC(=O)NCCc1ccc(O)c(O)c1. The normalized spacial score (nSPS) is 10.6. The standard InChI is InChI=1S/C22H35NO5/c1-2-28-22(27)12-10-8-6-4-3-5-7-9-11-21(26)23-16-15-18-13-14-19(24)20(25)17-18/h13-14,17,24-25H,2-12,15-16H2,1H3,(H,23,26). The van der Waals surface area contributed by atoms with Crippen LogP contribution in [0.2, 0.25) is 0 Å². The van der Waals surface area contributed by atoms with Gasteiger partial charge >= 0.3 is 5.97 Å². The molecule has 1 amide bonds. The first kappa shape index (κ1) is 23.8. The van der Waals surface area contributed by atoms with Gasteiger partial charge in [0.15, 0.2) is 11.5 Å². The fraction of sp³-hybridized carbons (Fsp3) is 0.636. The molecule has 3 N–H and O–H groups in total. The van der Waals surface area contributed by atoms with Gasteiger partial charge in [-0.2, -0.15) is 0 Å². The minimum absolute atomic E-state index is 0.0574. The number of phenolic OH excluding ortho intramolecular Hbond substituents is 2. The maximum Gasteiger partial charge on any atom is 0.305 e. The summed E-state index contributed by atoms with van der Waals surface area (Å²) in [6.45, 7) is 2.81. The second kappa shape index (κ2) is 14.8. The third kappa shape index (κ3) is 11.5. The summed E-state index contributed by atoms with van der Waals surface area (Å²) < 4.78 is 4.90. The maximum absolute atomic E-state index is 11.8.